The highest BCUT2D eigenvalue weighted by Gasteiger charge is 2.51. The Labute approximate surface area is 577 Å². The first-order valence-corrected chi connectivity index (χ1v) is 35.7. The molecule has 6 aliphatic rings. The van der Waals surface area contributed by atoms with Crippen LogP contribution in [0.25, 0.3) is 0 Å². The molecule has 3 saturated carbocycles. The molecule has 1 spiro atoms. The van der Waals surface area contributed by atoms with Gasteiger partial charge in [0.1, 0.15) is 53.6 Å². The summed E-state index contributed by atoms with van der Waals surface area (Å²) >= 11 is 12.5. The van der Waals surface area contributed by atoms with E-state index in [0.717, 1.165) is 67.6 Å². The topological polar surface area (TPSA) is 279 Å². The molecule has 0 radical (unpaired) electrons. The van der Waals surface area contributed by atoms with Gasteiger partial charge in [-0.2, -0.15) is 0 Å². The average Bonchev–Trinajstić information content (AvgIpc) is 1.46. The van der Waals surface area contributed by atoms with Gasteiger partial charge >= 0.3 is 0 Å². The number of benzene rings is 1. The van der Waals surface area contributed by atoms with Gasteiger partial charge in [-0.3, -0.25) is 57.5 Å². The summed E-state index contributed by atoms with van der Waals surface area (Å²) in [6.45, 7) is 4.39. The molecule has 0 bridgehead atoms. The fourth-order valence-electron chi connectivity index (χ4n) is 14.8. The summed E-state index contributed by atoms with van der Waals surface area (Å²) in [6, 6.07) is -3.65. The number of amides is 12. The number of nitrogens with zero attached hydrogens (tertiary/aromatic N) is 9. The van der Waals surface area contributed by atoms with Gasteiger partial charge in [-0.15, -0.1) is 0 Å². The van der Waals surface area contributed by atoms with Crippen LogP contribution < -0.4 is 20.7 Å². The number of carbonyl (C=O) groups excluding carboxylic acids is 12. The Kier molecular flexibility index (Phi) is 28.0. The minimum atomic E-state index is -1.50. The van der Waals surface area contributed by atoms with E-state index in [1.165, 1.54) is 84.7 Å². The van der Waals surface area contributed by atoms with Crippen molar-refractivity contribution in [3.8, 4) is 5.75 Å². The van der Waals surface area contributed by atoms with E-state index in [2.05, 4.69) is 16.0 Å². The van der Waals surface area contributed by atoms with E-state index >= 15 is 19.2 Å². The lowest BCUT2D eigenvalue weighted by molar-refractivity contribution is -0.157. The smallest absolute Gasteiger partial charge is 0.248 e. The molecule has 3 heterocycles. The maximum absolute atomic E-state index is 15.7. The Morgan fingerprint density at radius 1 is 0.615 bits per heavy atom. The summed E-state index contributed by atoms with van der Waals surface area (Å²) in [5, 5.41) is 9.32. The van der Waals surface area contributed by atoms with Crippen molar-refractivity contribution >= 4 is 94.1 Å². The number of carbonyl (C=O) groups is 12. The number of hydrogen-bond donors (Lipinski definition) is 3. The van der Waals surface area contributed by atoms with E-state index in [0.29, 0.717) is 75.2 Å². The van der Waals surface area contributed by atoms with Gasteiger partial charge in [-0.05, 0) is 101 Å². The summed E-state index contributed by atoms with van der Waals surface area (Å²) < 4.78 is 6.04. The van der Waals surface area contributed by atoms with Crippen molar-refractivity contribution in [1.82, 2.24) is 60.0 Å². The number of halogens is 2. The Morgan fingerprint density at radius 3 is 1.86 bits per heavy atom. The van der Waals surface area contributed by atoms with Gasteiger partial charge in [0.05, 0.1) is 42.7 Å². The van der Waals surface area contributed by atoms with Crippen LogP contribution in [0.4, 0.5) is 0 Å². The third-order valence-electron chi connectivity index (χ3n) is 21.4. The zero-order valence-corrected chi connectivity index (χ0v) is 59.8. The predicted octanol–water partition coefficient (Wildman–Crippen LogP) is 4.87. The standard InChI is InChI=1S/C69H106Cl2N12O13/c1-11-44(2)59-66(93)77(6)42-57(86)75(4)43-58(87)79(8)53(38-46-24-15-12-16-25-46)64(91)76(5)41-55(84)72-51(31-37-96-48-29-30-49(70)50(71)39-48)63(90)83-36-23-28-52(83)62(89)74-69(32-19-20-33-69)68(95)81(10)60(47-26-17-13-18-27-47)67(94)80(9)54(65(92)82-34-21-14-22-35-82)40-56(85)78(7)45(3)61(88)73-59/h29-30,39,44-47,51-54,59-60H,11-28,31-38,40-43H2,1-10H3,(H,72,84)(H,73,88)(H,74,89)/t44-,45-,51-,52-,53-,54-,59-,60-/m0/s1. The second-order valence-electron chi connectivity index (χ2n) is 28.1. The first-order chi connectivity index (χ1) is 45.6. The summed E-state index contributed by atoms with van der Waals surface area (Å²) in [5.41, 5.74) is -1.50. The number of likely N-dealkylation sites (N-methyl/N-ethyl adjacent to an activating group) is 7. The summed E-state index contributed by atoms with van der Waals surface area (Å²) in [6.07, 6.45) is 12.8. The number of likely N-dealkylation sites (tertiary alicyclic amines) is 1. The van der Waals surface area contributed by atoms with Crippen LogP contribution in [0, 0.1) is 17.8 Å². The normalized spacial score (nSPS) is 27.3. The molecular formula is C69H106Cl2N12O13. The van der Waals surface area contributed by atoms with Crippen LogP contribution in [0.1, 0.15) is 168 Å². The molecule has 1 aromatic rings. The van der Waals surface area contributed by atoms with Crippen LogP contribution in [-0.2, 0) is 57.5 Å². The van der Waals surface area contributed by atoms with E-state index in [-0.39, 0.29) is 62.1 Å². The molecule has 8 atom stereocenters. The Balaban J connectivity index is 1.25. The van der Waals surface area contributed by atoms with Gasteiger partial charge < -0.3 is 64.8 Å². The lowest BCUT2D eigenvalue weighted by atomic mass is 9.81. The minimum Gasteiger partial charge on any atom is -0.493 e. The van der Waals surface area contributed by atoms with Crippen molar-refractivity contribution in [3.63, 3.8) is 0 Å². The van der Waals surface area contributed by atoms with Crippen molar-refractivity contribution in [2.45, 2.75) is 216 Å². The lowest BCUT2D eigenvalue weighted by Gasteiger charge is -2.43. The molecular weight excluding hydrogens is 1280 g/mol. The third-order valence-corrected chi connectivity index (χ3v) is 22.1. The molecule has 0 aromatic heterocycles. The second kappa shape index (κ2) is 35.1. The Morgan fingerprint density at radius 2 is 1.23 bits per heavy atom. The Bertz CT molecular complexity index is 2970. The molecule has 534 valence electrons. The minimum absolute atomic E-state index is 0.0700. The van der Waals surface area contributed by atoms with Crippen LogP contribution >= 0.6 is 23.2 Å². The number of fused-ring (bicyclic) bond motifs is 1. The molecule has 3 saturated heterocycles. The van der Waals surface area contributed by atoms with E-state index in [1.54, 1.807) is 31.0 Å². The number of piperidine rings is 1. The predicted molar refractivity (Wildman–Crippen MR) is 362 cm³/mol. The van der Waals surface area contributed by atoms with Crippen molar-refractivity contribution in [2.75, 3.05) is 95.2 Å². The quantitative estimate of drug-likeness (QED) is 0.282. The monoisotopic (exact) mass is 1380 g/mol. The van der Waals surface area contributed by atoms with Crippen molar-refractivity contribution < 1.29 is 62.3 Å². The number of nitrogens with one attached hydrogen (secondary N) is 3. The van der Waals surface area contributed by atoms with E-state index in [9.17, 15) is 38.4 Å². The van der Waals surface area contributed by atoms with Gasteiger partial charge in [-0.25, -0.2) is 0 Å². The highest BCUT2D eigenvalue weighted by molar-refractivity contribution is 6.42. The van der Waals surface area contributed by atoms with Crippen LogP contribution in [0.5, 0.6) is 5.75 Å². The fraction of sp³-hybridized carbons (Fsp3) is 0.739. The van der Waals surface area contributed by atoms with Crippen LogP contribution in [0.2, 0.25) is 10.0 Å². The van der Waals surface area contributed by atoms with Gasteiger partial charge in [0, 0.05) is 81.5 Å². The summed E-state index contributed by atoms with van der Waals surface area (Å²) in [7, 11) is 10.2. The number of rotatable bonds is 10. The first-order valence-electron chi connectivity index (χ1n) is 35.0. The largest absolute Gasteiger partial charge is 0.493 e. The Hall–Kier alpha value is -6.76. The average molecular weight is 1380 g/mol. The molecule has 1 aromatic carbocycles. The maximum atomic E-state index is 15.7. The first kappa shape index (κ1) is 76.6. The van der Waals surface area contributed by atoms with Crippen molar-refractivity contribution in [3.05, 3.63) is 28.2 Å². The summed E-state index contributed by atoms with van der Waals surface area (Å²) in [5.74, 6) is -7.56. The van der Waals surface area contributed by atoms with Crippen molar-refractivity contribution in [2.24, 2.45) is 17.8 Å². The molecule has 7 rings (SSSR count). The maximum Gasteiger partial charge on any atom is 0.248 e. The molecule has 6 fully saturated rings. The molecule has 96 heavy (non-hydrogen) atoms. The van der Waals surface area contributed by atoms with Crippen LogP contribution in [-0.4, -0.2) is 258 Å². The highest BCUT2D eigenvalue weighted by Crippen LogP contribution is 2.37. The van der Waals surface area contributed by atoms with E-state index < -0.39 is 151 Å². The molecule has 3 aliphatic carbocycles. The summed E-state index contributed by atoms with van der Waals surface area (Å²) in [4.78, 5) is 189. The zero-order chi connectivity index (χ0) is 70.3. The molecule has 0 unspecified atom stereocenters. The van der Waals surface area contributed by atoms with E-state index in [4.69, 9.17) is 27.9 Å². The van der Waals surface area contributed by atoms with Gasteiger partial charge in [0.2, 0.25) is 70.9 Å². The molecule has 3 N–H and O–H groups in total. The molecule has 27 heteroatoms. The van der Waals surface area contributed by atoms with Gasteiger partial charge in [-0.1, -0.05) is 108 Å². The fourth-order valence-corrected chi connectivity index (χ4v) is 15.1. The van der Waals surface area contributed by atoms with Gasteiger partial charge in [0.15, 0.2) is 0 Å². The van der Waals surface area contributed by atoms with Crippen molar-refractivity contribution in [1.29, 1.82) is 0 Å². The van der Waals surface area contributed by atoms with Crippen LogP contribution in [0.3, 0.4) is 0 Å². The van der Waals surface area contributed by atoms with Gasteiger partial charge in [0.25, 0.3) is 0 Å². The zero-order valence-electron chi connectivity index (χ0n) is 58.3. The van der Waals surface area contributed by atoms with E-state index in [1.807, 2.05) is 6.92 Å². The number of hydrogen-bond acceptors (Lipinski definition) is 13. The molecule has 3 aliphatic heterocycles. The molecule has 12 amide bonds. The highest BCUT2D eigenvalue weighted by atomic mass is 35.5. The SMILES string of the molecule is CC[C@H](C)[C@@H]1NC(=O)[C@H](C)N(C)C(=O)C[C@@H](C(=O)N2CCCCC2)N(C)C(=O)[C@H](C2CCCCC2)N(C)C(=O)C2(CCCC2)NC(=O)[C@@H]2CCCN2C(=O)[C@H](CCOc2ccc(Cl)c(Cl)c2)NC(=O)CN(C)C(=O)[C@H](CC2CCCCC2)N(C)C(=O)CN(C)C(=O)CN(C)C1=O. The lowest BCUT2D eigenvalue weighted by Crippen LogP contribution is -2.65. The second-order valence-corrected chi connectivity index (χ2v) is 28.9. The van der Waals surface area contributed by atoms with Crippen LogP contribution in [0.15, 0.2) is 18.2 Å². The number of ether oxygens (including phenoxy) is 1. The molecule has 25 nitrogen and oxygen atoms in total. The third kappa shape index (κ3) is 19.1.